The Hall–Kier alpha value is -0.0400. The van der Waals surface area contributed by atoms with Gasteiger partial charge in [-0.3, -0.25) is 0 Å². The lowest BCUT2D eigenvalue weighted by molar-refractivity contribution is -0.142. The van der Waals surface area contributed by atoms with Gasteiger partial charge in [0.25, 0.3) is 0 Å². The molecular formula is C12H23N. The molecule has 0 bridgehead atoms. The van der Waals surface area contributed by atoms with Gasteiger partial charge in [0.1, 0.15) is 0 Å². The number of hydrogen-bond donors (Lipinski definition) is 1. The standard InChI is InChI=1S/C12H23N/c1-9(2)12(10(3)4)6-5-11(12)7-8-13-11/h9-10,13H,5-8H2,1-4H3. The van der Waals surface area contributed by atoms with E-state index in [1.54, 1.807) is 0 Å². The summed E-state index contributed by atoms with van der Waals surface area (Å²) in [4.78, 5) is 0. The SMILES string of the molecule is CC(C)C1(C(C)C)CCC12CCN2. The van der Waals surface area contributed by atoms with Gasteiger partial charge in [-0.2, -0.15) is 0 Å². The highest BCUT2D eigenvalue weighted by Gasteiger charge is 2.63. The molecule has 1 saturated carbocycles. The Morgan fingerprint density at radius 2 is 1.46 bits per heavy atom. The lowest BCUT2D eigenvalue weighted by atomic mass is 9.43. The molecule has 1 saturated heterocycles. The summed E-state index contributed by atoms with van der Waals surface area (Å²) in [6.07, 6.45) is 4.28. The molecule has 0 aromatic rings. The maximum Gasteiger partial charge on any atom is 0.0254 e. The minimum absolute atomic E-state index is 0.551. The van der Waals surface area contributed by atoms with Crippen LogP contribution in [0, 0.1) is 17.3 Å². The van der Waals surface area contributed by atoms with Crippen LogP contribution in [0.5, 0.6) is 0 Å². The summed E-state index contributed by atoms with van der Waals surface area (Å²) in [5, 5.41) is 3.71. The Labute approximate surface area is 82.3 Å². The number of nitrogens with one attached hydrogen (secondary N) is 1. The van der Waals surface area contributed by atoms with Gasteiger partial charge in [0.15, 0.2) is 0 Å². The number of rotatable bonds is 2. The molecule has 1 unspecified atom stereocenters. The van der Waals surface area contributed by atoms with Crippen LogP contribution in [0.4, 0.5) is 0 Å². The lowest BCUT2D eigenvalue weighted by Gasteiger charge is -2.69. The molecule has 2 fully saturated rings. The number of hydrogen-bond acceptors (Lipinski definition) is 1. The Morgan fingerprint density at radius 1 is 0.923 bits per heavy atom. The minimum atomic E-state index is 0.551. The third kappa shape index (κ3) is 0.918. The second kappa shape index (κ2) is 2.73. The smallest absolute Gasteiger partial charge is 0.0254 e. The van der Waals surface area contributed by atoms with Gasteiger partial charge in [-0.1, -0.05) is 27.7 Å². The summed E-state index contributed by atoms with van der Waals surface area (Å²) in [7, 11) is 0. The molecule has 1 aliphatic heterocycles. The van der Waals surface area contributed by atoms with Crippen LogP contribution in [0.3, 0.4) is 0 Å². The summed E-state index contributed by atoms with van der Waals surface area (Å²) < 4.78 is 0. The van der Waals surface area contributed by atoms with Crippen molar-refractivity contribution in [3.8, 4) is 0 Å². The van der Waals surface area contributed by atoms with Crippen molar-refractivity contribution < 1.29 is 0 Å². The van der Waals surface area contributed by atoms with E-state index in [0.717, 1.165) is 11.8 Å². The van der Waals surface area contributed by atoms with Crippen LogP contribution in [-0.2, 0) is 0 Å². The van der Waals surface area contributed by atoms with Crippen molar-refractivity contribution in [1.82, 2.24) is 5.32 Å². The Bertz CT molecular complexity index is 188. The lowest BCUT2D eigenvalue weighted by Crippen LogP contribution is -2.75. The van der Waals surface area contributed by atoms with E-state index in [4.69, 9.17) is 0 Å². The molecule has 13 heavy (non-hydrogen) atoms. The van der Waals surface area contributed by atoms with Crippen molar-refractivity contribution in [2.75, 3.05) is 6.54 Å². The van der Waals surface area contributed by atoms with Crippen molar-refractivity contribution in [3.63, 3.8) is 0 Å². The van der Waals surface area contributed by atoms with Crippen molar-refractivity contribution in [2.45, 2.75) is 52.5 Å². The van der Waals surface area contributed by atoms with E-state index in [-0.39, 0.29) is 0 Å². The van der Waals surface area contributed by atoms with Gasteiger partial charge in [0, 0.05) is 5.54 Å². The second-order valence-electron chi connectivity index (χ2n) is 5.61. The normalized spacial score (nSPS) is 36.5. The average molecular weight is 181 g/mol. The molecule has 0 amide bonds. The topological polar surface area (TPSA) is 12.0 Å². The van der Waals surface area contributed by atoms with Crippen molar-refractivity contribution in [2.24, 2.45) is 17.3 Å². The van der Waals surface area contributed by atoms with Crippen LogP contribution in [0.25, 0.3) is 0 Å². The van der Waals surface area contributed by atoms with Crippen LogP contribution in [0.2, 0.25) is 0 Å². The van der Waals surface area contributed by atoms with Crippen LogP contribution < -0.4 is 5.32 Å². The molecule has 0 aromatic heterocycles. The highest BCUT2D eigenvalue weighted by molar-refractivity contribution is 5.19. The van der Waals surface area contributed by atoms with E-state index in [1.165, 1.54) is 25.8 Å². The molecule has 1 N–H and O–H groups in total. The van der Waals surface area contributed by atoms with E-state index in [2.05, 4.69) is 33.0 Å². The molecule has 1 spiro atoms. The zero-order valence-electron chi connectivity index (χ0n) is 9.48. The molecule has 1 heteroatoms. The van der Waals surface area contributed by atoms with Crippen molar-refractivity contribution in [1.29, 1.82) is 0 Å². The fourth-order valence-electron chi connectivity index (χ4n) is 4.10. The largest absolute Gasteiger partial charge is 0.311 e. The third-order valence-corrected chi connectivity index (χ3v) is 4.93. The summed E-state index contributed by atoms with van der Waals surface area (Å²) in [6.45, 7) is 10.9. The molecular weight excluding hydrogens is 158 g/mol. The first kappa shape index (κ1) is 9.51. The average Bonchev–Trinajstić information content (AvgIpc) is 1.78. The van der Waals surface area contributed by atoms with Gasteiger partial charge in [0.05, 0.1) is 0 Å². The fourth-order valence-corrected chi connectivity index (χ4v) is 4.10. The van der Waals surface area contributed by atoms with Gasteiger partial charge < -0.3 is 5.32 Å². The first-order valence-electron chi connectivity index (χ1n) is 5.80. The third-order valence-electron chi connectivity index (χ3n) is 4.93. The van der Waals surface area contributed by atoms with Crippen molar-refractivity contribution in [3.05, 3.63) is 0 Å². The second-order valence-corrected chi connectivity index (χ2v) is 5.61. The Morgan fingerprint density at radius 3 is 1.54 bits per heavy atom. The van der Waals surface area contributed by atoms with Crippen molar-refractivity contribution >= 4 is 0 Å². The zero-order valence-corrected chi connectivity index (χ0v) is 9.48. The molecule has 1 nitrogen and oxygen atoms in total. The summed E-state index contributed by atoms with van der Waals surface area (Å²) in [5.41, 5.74) is 1.15. The molecule has 2 aliphatic rings. The van der Waals surface area contributed by atoms with Gasteiger partial charge in [-0.25, -0.2) is 0 Å². The van der Waals surface area contributed by atoms with Gasteiger partial charge in [-0.15, -0.1) is 0 Å². The molecule has 2 rings (SSSR count). The van der Waals surface area contributed by atoms with Crippen LogP contribution in [-0.4, -0.2) is 12.1 Å². The van der Waals surface area contributed by atoms with E-state index in [1.807, 2.05) is 0 Å². The molecule has 0 radical (unpaired) electrons. The van der Waals surface area contributed by atoms with Gasteiger partial charge in [-0.05, 0) is 43.1 Å². The van der Waals surface area contributed by atoms with E-state index in [9.17, 15) is 0 Å². The maximum absolute atomic E-state index is 3.71. The van der Waals surface area contributed by atoms with Crippen LogP contribution in [0.1, 0.15) is 47.0 Å². The molecule has 76 valence electrons. The minimum Gasteiger partial charge on any atom is -0.311 e. The zero-order chi connectivity index (χ0) is 9.69. The fraction of sp³-hybridized carbons (Fsp3) is 1.00. The highest BCUT2D eigenvalue weighted by Crippen LogP contribution is 2.62. The van der Waals surface area contributed by atoms with Gasteiger partial charge >= 0.3 is 0 Å². The molecule has 1 atom stereocenters. The van der Waals surface area contributed by atoms with Gasteiger partial charge in [0.2, 0.25) is 0 Å². The van der Waals surface area contributed by atoms with Crippen LogP contribution in [0.15, 0.2) is 0 Å². The van der Waals surface area contributed by atoms with E-state index in [0.29, 0.717) is 11.0 Å². The quantitative estimate of drug-likeness (QED) is 0.690. The summed E-state index contributed by atoms with van der Waals surface area (Å²) in [5.74, 6) is 1.66. The predicted octanol–water partition coefficient (Wildman–Crippen LogP) is 2.81. The summed E-state index contributed by atoms with van der Waals surface area (Å²) in [6, 6.07) is 0. The first-order valence-corrected chi connectivity index (χ1v) is 5.80. The molecule has 0 aromatic carbocycles. The summed E-state index contributed by atoms with van der Waals surface area (Å²) >= 11 is 0. The predicted molar refractivity (Wildman–Crippen MR) is 56.7 cm³/mol. The Balaban J connectivity index is 2.24. The first-order chi connectivity index (χ1) is 6.05. The molecule has 1 aliphatic carbocycles. The maximum atomic E-state index is 3.71. The Kier molecular flexibility index (Phi) is 1.99. The monoisotopic (exact) mass is 181 g/mol. The van der Waals surface area contributed by atoms with E-state index < -0.39 is 0 Å². The van der Waals surface area contributed by atoms with Crippen LogP contribution >= 0.6 is 0 Å². The highest BCUT2D eigenvalue weighted by atomic mass is 15.1. The molecule has 1 heterocycles. The van der Waals surface area contributed by atoms with E-state index >= 15 is 0 Å².